The molecule has 41 heavy (non-hydrogen) atoms. The Morgan fingerprint density at radius 2 is 1.73 bits per heavy atom. The molecule has 1 aromatic heterocycles. The van der Waals surface area contributed by atoms with E-state index in [2.05, 4.69) is 49.4 Å². The smallest absolute Gasteiger partial charge is 0.255 e. The average molecular weight is 554 g/mol. The van der Waals surface area contributed by atoms with Crippen molar-refractivity contribution in [2.75, 3.05) is 51.8 Å². The fraction of sp³-hybridized carbons (Fsp3) is 0.394. The van der Waals surface area contributed by atoms with Gasteiger partial charge in [0.2, 0.25) is 0 Å². The highest BCUT2D eigenvalue weighted by Gasteiger charge is 2.36. The summed E-state index contributed by atoms with van der Waals surface area (Å²) in [5.41, 5.74) is 6.36. The maximum atomic E-state index is 14.0. The number of benzene rings is 3. The van der Waals surface area contributed by atoms with Crippen LogP contribution in [0.4, 0.5) is 5.69 Å². The molecule has 0 spiro atoms. The molecule has 2 aliphatic heterocycles. The first-order valence-corrected chi connectivity index (χ1v) is 14.6. The second-order valence-electron chi connectivity index (χ2n) is 10.9. The minimum absolute atomic E-state index is 0.0990. The Bertz CT molecular complexity index is 1520. The summed E-state index contributed by atoms with van der Waals surface area (Å²) in [6.45, 7) is 8.79. The van der Waals surface area contributed by atoms with E-state index in [1.165, 1.54) is 5.69 Å². The number of methoxy groups -OCH3 is 2. The van der Waals surface area contributed by atoms with Crippen molar-refractivity contribution in [3.63, 3.8) is 0 Å². The zero-order chi connectivity index (χ0) is 28.3. The van der Waals surface area contributed by atoms with Crippen LogP contribution in [0.3, 0.4) is 0 Å². The molecule has 1 amide bonds. The van der Waals surface area contributed by atoms with E-state index in [9.17, 15) is 4.79 Å². The van der Waals surface area contributed by atoms with Crippen LogP contribution in [0.25, 0.3) is 11.0 Å². The summed E-state index contributed by atoms with van der Waals surface area (Å²) in [7, 11) is 3.30. The molecule has 2 aliphatic rings. The van der Waals surface area contributed by atoms with Gasteiger partial charge in [0, 0.05) is 56.1 Å². The lowest BCUT2D eigenvalue weighted by molar-refractivity contribution is 0.0688. The third kappa shape index (κ3) is 5.24. The highest BCUT2D eigenvalue weighted by atomic mass is 16.5. The second-order valence-corrected chi connectivity index (χ2v) is 10.9. The number of rotatable bonds is 10. The number of hydrogen-bond donors (Lipinski definition) is 0. The molecule has 1 atom stereocenters. The lowest BCUT2D eigenvalue weighted by Gasteiger charge is -2.36. The Hall–Kier alpha value is -4.04. The predicted octanol–water partition coefficient (Wildman–Crippen LogP) is 5.37. The molecule has 0 bridgehead atoms. The lowest BCUT2D eigenvalue weighted by atomic mass is 9.99. The van der Waals surface area contributed by atoms with Gasteiger partial charge in [0.05, 0.1) is 37.6 Å². The Labute approximate surface area is 242 Å². The predicted molar refractivity (Wildman–Crippen MR) is 162 cm³/mol. The normalized spacial score (nSPS) is 16.3. The third-order valence-electron chi connectivity index (χ3n) is 8.70. The Balaban J connectivity index is 1.28. The van der Waals surface area contributed by atoms with E-state index in [0.717, 1.165) is 79.8 Å². The second kappa shape index (κ2) is 11.8. The molecular weight excluding hydrogens is 514 g/mol. The number of fused-ring (bicyclic) bond motifs is 2. The molecule has 0 N–H and O–H groups in total. The summed E-state index contributed by atoms with van der Waals surface area (Å²) in [5.74, 6) is 1.46. The number of piperazine rings is 1. The van der Waals surface area contributed by atoms with Crippen LogP contribution in [0.2, 0.25) is 0 Å². The Kier molecular flexibility index (Phi) is 7.83. The monoisotopic (exact) mass is 553 g/mol. The number of carbonyl (C=O) groups excluding carboxylic acids is 1. The first kappa shape index (κ1) is 27.1. The number of nitrogens with zero attached hydrogens (tertiary/aromatic N) is 5. The van der Waals surface area contributed by atoms with Gasteiger partial charge >= 0.3 is 0 Å². The van der Waals surface area contributed by atoms with Gasteiger partial charge in [0.15, 0.2) is 11.5 Å². The van der Waals surface area contributed by atoms with Gasteiger partial charge in [0.1, 0.15) is 0 Å². The topological polar surface area (TPSA) is 63.1 Å². The first-order chi connectivity index (χ1) is 20.1. The van der Waals surface area contributed by atoms with Crippen LogP contribution in [0.15, 0.2) is 67.0 Å². The number of carbonyl (C=O) groups is 1. The molecule has 8 nitrogen and oxygen atoms in total. The molecule has 0 radical (unpaired) electrons. The van der Waals surface area contributed by atoms with Gasteiger partial charge in [0.25, 0.3) is 5.91 Å². The summed E-state index contributed by atoms with van der Waals surface area (Å²) >= 11 is 0. The Morgan fingerprint density at radius 3 is 2.51 bits per heavy atom. The lowest BCUT2D eigenvalue weighted by Crippen LogP contribution is -2.46. The highest BCUT2D eigenvalue weighted by molar-refractivity contribution is 6.00. The van der Waals surface area contributed by atoms with Gasteiger partial charge in [-0.1, -0.05) is 31.2 Å². The van der Waals surface area contributed by atoms with E-state index in [1.807, 2.05) is 48.8 Å². The van der Waals surface area contributed by atoms with Crippen molar-refractivity contribution in [2.24, 2.45) is 0 Å². The van der Waals surface area contributed by atoms with E-state index in [1.54, 1.807) is 14.2 Å². The van der Waals surface area contributed by atoms with Crippen molar-refractivity contribution in [1.82, 2.24) is 19.4 Å². The van der Waals surface area contributed by atoms with E-state index in [4.69, 9.17) is 9.47 Å². The van der Waals surface area contributed by atoms with Crippen LogP contribution in [0.1, 0.15) is 47.3 Å². The average Bonchev–Trinajstić information content (AvgIpc) is 3.59. The number of aryl methyl sites for hydroxylation is 1. The van der Waals surface area contributed by atoms with Crippen LogP contribution in [0.5, 0.6) is 11.5 Å². The van der Waals surface area contributed by atoms with Gasteiger partial charge < -0.3 is 28.7 Å². The number of hydrogen-bond acceptors (Lipinski definition) is 6. The minimum atomic E-state index is -0.103. The number of amides is 1. The summed E-state index contributed by atoms with van der Waals surface area (Å²) in [6, 6.07) is 20.4. The number of imidazole rings is 1. The van der Waals surface area contributed by atoms with Crippen molar-refractivity contribution in [3.8, 4) is 11.5 Å². The van der Waals surface area contributed by atoms with Crippen molar-refractivity contribution >= 4 is 22.6 Å². The molecule has 0 saturated carbocycles. The number of likely N-dealkylation sites (N-methyl/N-ethyl adjacent to an activating group) is 1. The van der Waals surface area contributed by atoms with Crippen LogP contribution < -0.4 is 14.4 Å². The first-order valence-electron chi connectivity index (χ1n) is 14.6. The van der Waals surface area contributed by atoms with E-state index in [0.29, 0.717) is 18.0 Å². The molecule has 1 fully saturated rings. The van der Waals surface area contributed by atoms with Crippen molar-refractivity contribution in [3.05, 3.63) is 83.7 Å². The van der Waals surface area contributed by atoms with E-state index in [-0.39, 0.29) is 11.9 Å². The minimum Gasteiger partial charge on any atom is -0.493 e. The molecule has 3 heterocycles. The third-order valence-corrected chi connectivity index (χ3v) is 8.70. The molecule has 4 aromatic rings. The summed E-state index contributed by atoms with van der Waals surface area (Å²) in [4.78, 5) is 25.6. The summed E-state index contributed by atoms with van der Waals surface area (Å²) < 4.78 is 13.4. The number of anilines is 1. The molecule has 8 heteroatoms. The van der Waals surface area contributed by atoms with E-state index >= 15 is 0 Å². The number of ether oxygens (including phenoxy) is 2. The molecule has 0 aliphatic carbocycles. The summed E-state index contributed by atoms with van der Waals surface area (Å²) in [6.07, 6.45) is 3.62. The van der Waals surface area contributed by atoms with Crippen molar-refractivity contribution < 1.29 is 14.3 Å². The molecule has 214 valence electrons. The van der Waals surface area contributed by atoms with Crippen LogP contribution in [-0.2, 0) is 13.1 Å². The molecule has 3 aromatic carbocycles. The van der Waals surface area contributed by atoms with E-state index < -0.39 is 0 Å². The molecule has 6 rings (SSSR count). The van der Waals surface area contributed by atoms with Crippen LogP contribution in [0, 0.1) is 0 Å². The largest absolute Gasteiger partial charge is 0.493 e. The fourth-order valence-electron chi connectivity index (χ4n) is 6.40. The molecule has 1 saturated heterocycles. The SMILES string of the molecule is CCN1CCN(c2cccc3c2CN([C@H](CCCn2cnc4ccccc42)c2ccc(OC)c(OC)c2)C3=O)CC1. The van der Waals surface area contributed by atoms with Crippen LogP contribution in [-0.4, -0.2) is 72.2 Å². The quantitative estimate of drug-likeness (QED) is 0.263. The van der Waals surface area contributed by atoms with Crippen molar-refractivity contribution in [2.45, 2.75) is 38.9 Å². The summed E-state index contributed by atoms with van der Waals surface area (Å²) in [5, 5.41) is 0. The van der Waals surface area contributed by atoms with Gasteiger partial charge in [-0.2, -0.15) is 0 Å². The standard InChI is InChI=1S/C33H39N5O3/c1-4-35-17-19-36(20-18-35)29-12-7-9-25-26(29)22-38(33(25)39)28(24-14-15-31(40-2)32(21-24)41-3)13-8-16-37-23-34-27-10-5-6-11-30(27)37/h5-7,9-12,14-15,21,23,28H,4,8,13,16-20,22H2,1-3H3/t28-/m1/s1. The maximum absolute atomic E-state index is 14.0. The van der Waals surface area contributed by atoms with Gasteiger partial charge in [-0.05, 0) is 61.3 Å². The fourth-order valence-corrected chi connectivity index (χ4v) is 6.40. The van der Waals surface area contributed by atoms with Gasteiger partial charge in [-0.3, -0.25) is 4.79 Å². The Morgan fingerprint density at radius 1 is 0.927 bits per heavy atom. The zero-order valence-corrected chi connectivity index (χ0v) is 24.3. The number of para-hydroxylation sites is 2. The highest BCUT2D eigenvalue weighted by Crippen LogP contribution is 2.40. The van der Waals surface area contributed by atoms with Gasteiger partial charge in [-0.15, -0.1) is 0 Å². The number of aromatic nitrogens is 2. The van der Waals surface area contributed by atoms with Gasteiger partial charge in [-0.25, -0.2) is 4.98 Å². The zero-order valence-electron chi connectivity index (χ0n) is 24.3. The molecular formula is C33H39N5O3. The van der Waals surface area contributed by atoms with Crippen molar-refractivity contribution in [1.29, 1.82) is 0 Å². The maximum Gasteiger partial charge on any atom is 0.255 e. The van der Waals surface area contributed by atoms with Crippen LogP contribution >= 0.6 is 0 Å². The molecule has 0 unspecified atom stereocenters.